The molecular formula is C14H24O3. The largest absolute Gasteiger partial charge is 0.378 e. The molecule has 3 heteroatoms. The van der Waals surface area contributed by atoms with Crippen LogP contribution in [-0.2, 0) is 14.3 Å². The van der Waals surface area contributed by atoms with E-state index in [4.69, 9.17) is 9.47 Å². The Balaban J connectivity index is 1.72. The van der Waals surface area contributed by atoms with Crippen molar-refractivity contribution in [3.05, 3.63) is 0 Å². The van der Waals surface area contributed by atoms with Crippen LogP contribution in [0.5, 0.6) is 0 Å². The fourth-order valence-corrected chi connectivity index (χ4v) is 3.13. The monoisotopic (exact) mass is 240 g/mol. The molecule has 17 heavy (non-hydrogen) atoms. The number of carbonyl (C=O) groups is 1. The Morgan fingerprint density at radius 1 is 1.35 bits per heavy atom. The van der Waals surface area contributed by atoms with Crippen molar-refractivity contribution >= 4 is 5.78 Å². The van der Waals surface area contributed by atoms with Gasteiger partial charge in [0.1, 0.15) is 5.60 Å². The van der Waals surface area contributed by atoms with E-state index in [1.165, 1.54) is 12.8 Å². The van der Waals surface area contributed by atoms with Crippen LogP contribution < -0.4 is 0 Å². The Bertz CT molecular complexity index is 250. The number of ether oxygens (including phenoxy) is 2. The predicted octanol–water partition coefficient (Wildman–Crippen LogP) is 2.86. The molecule has 0 bridgehead atoms. The first-order chi connectivity index (χ1) is 8.27. The Hall–Kier alpha value is -0.410. The van der Waals surface area contributed by atoms with Crippen molar-refractivity contribution in [3.63, 3.8) is 0 Å². The number of carbonyl (C=O) groups excluding carboxylic acids is 1. The molecule has 2 rings (SSSR count). The highest BCUT2D eigenvalue weighted by Gasteiger charge is 2.40. The van der Waals surface area contributed by atoms with Crippen molar-refractivity contribution in [3.8, 4) is 0 Å². The molecule has 1 atom stereocenters. The number of Topliss-reactive ketones (excluding diaryl/α,β-unsaturated/α-hetero) is 1. The van der Waals surface area contributed by atoms with E-state index in [0.29, 0.717) is 18.3 Å². The Kier molecular flexibility index (Phi) is 4.57. The number of methoxy groups -OCH3 is 1. The van der Waals surface area contributed by atoms with Crippen LogP contribution in [0.25, 0.3) is 0 Å². The molecule has 0 aromatic heterocycles. The minimum atomic E-state index is -0.434. The van der Waals surface area contributed by atoms with Gasteiger partial charge in [-0.15, -0.1) is 0 Å². The van der Waals surface area contributed by atoms with Gasteiger partial charge in [0.05, 0.1) is 6.10 Å². The lowest BCUT2D eigenvalue weighted by Crippen LogP contribution is -2.37. The highest BCUT2D eigenvalue weighted by atomic mass is 16.5. The molecular weight excluding hydrogens is 216 g/mol. The molecule has 0 amide bonds. The highest BCUT2D eigenvalue weighted by Crippen LogP contribution is 2.35. The van der Waals surface area contributed by atoms with Gasteiger partial charge in [-0.25, -0.2) is 0 Å². The van der Waals surface area contributed by atoms with Gasteiger partial charge >= 0.3 is 0 Å². The van der Waals surface area contributed by atoms with Crippen LogP contribution in [0.15, 0.2) is 0 Å². The first kappa shape index (κ1) is 13.0. The molecule has 1 aliphatic carbocycles. The van der Waals surface area contributed by atoms with Gasteiger partial charge in [0.25, 0.3) is 0 Å². The molecule has 0 radical (unpaired) electrons. The van der Waals surface area contributed by atoms with Gasteiger partial charge in [0.15, 0.2) is 5.78 Å². The van der Waals surface area contributed by atoms with Crippen molar-refractivity contribution < 1.29 is 14.3 Å². The summed E-state index contributed by atoms with van der Waals surface area (Å²) in [6.45, 7) is 0.903. The lowest BCUT2D eigenvalue weighted by Gasteiger charge is -2.25. The maximum absolute atomic E-state index is 12.2. The first-order valence-corrected chi connectivity index (χ1v) is 6.97. The van der Waals surface area contributed by atoms with E-state index in [9.17, 15) is 4.79 Å². The fourth-order valence-electron chi connectivity index (χ4n) is 3.13. The Morgan fingerprint density at radius 2 is 2.12 bits per heavy atom. The zero-order chi connectivity index (χ0) is 12.1. The SMILES string of the molecule is COC1(C(=O)CCCC2CCCO2)CCCC1. The minimum Gasteiger partial charge on any atom is -0.378 e. The van der Waals surface area contributed by atoms with E-state index in [1.54, 1.807) is 7.11 Å². The normalized spacial score (nSPS) is 27.5. The van der Waals surface area contributed by atoms with Crippen molar-refractivity contribution in [2.24, 2.45) is 0 Å². The van der Waals surface area contributed by atoms with Gasteiger partial charge in [-0.05, 0) is 51.4 Å². The van der Waals surface area contributed by atoms with Crippen molar-refractivity contribution in [1.82, 2.24) is 0 Å². The van der Waals surface area contributed by atoms with E-state index in [2.05, 4.69) is 0 Å². The van der Waals surface area contributed by atoms with Gasteiger partial charge in [-0.2, -0.15) is 0 Å². The number of hydrogen-bond donors (Lipinski definition) is 0. The van der Waals surface area contributed by atoms with Crippen LogP contribution in [0.1, 0.15) is 57.8 Å². The average Bonchev–Trinajstić information content (AvgIpc) is 3.00. The van der Waals surface area contributed by atoms with Crippen LogP contribution in [0.3, 0.4) is 0 Å². The summed E-state index contributed by atoms with van der Waals surface area (Å²) in [6, 6.07) is 0. The molecule has 2 aliphatic rings. The highest BCUT2D eigenvalue weighted by molar-refractivity contribution is 5.87. The summed E-state index contributed by atoms with van der Waals surface area (Å²) in [5.41, 5.74) is -0.434. The summed E-state index contributed by atoms with van der Waals surface area (Å²) in [7, 11) is 1.68. The summed E-state index contributed by atoms with van der Waals surface area (Å²) in [6.07, 6.45) is 9.50. The fraction of sp³-hybridized carbons (Fsp3) is 0.929. The summed E-state index contributed by atoms with van der Waals surface area (Å²) in [4.78, 5) is 12.2. The number of rotatable bonds is 6. The van der Waals surface area contributed by atoms with Crippen LogP contribution in [0.2, 0.25) is 0 Å². The summed E-state index contributed by atoms with van der Waals surface area (Å²) >= 11 is 0. The number of ketones is 1. The zero-order valence-electron chi connectivity index (χ0n) is 10.9. The lowest BCUT2D eigenvalue weighted by atomic mass is 9.92. The molecule has 0 spiro atoms. The zero-order valence-corrected chi connectivity index (χ0v) is 10.9. The van der Waals surface area contributed by atoms with Gasteiger partial charge in [-0.3, -0.25) is 4.79 Å². The molecule has 0 N–H and O–H groups in total. The molecule has 1 unspecified atom stereocenters. The smallest absolute Gasteiger partial charge is 0.164 e. The maximum atomic E-state index is 12.2. The summed E-state index contributed by atoms with van der Waals surface area (Å²) in [5, 5.41) is 0. The van der Waals surface area contributed by atoms with E-state index < -0.39 is 5.60 Å². The van der Waals surface area contributed by atoms with E-state index in [1.807, 2.05) is 0 Å². The molecule has 0 aromatic carbocycles. The molecule has 0 aromatic rings. The van der Waals surface area contributed by atoms with Gasteiger partial charge in [0.2, 0.25) is 0 Å². The van der Waals surface area contributed by atoms with E-state index in [-0.39, 0.29) is 0 Å². The van der Waals surface area contributed by atoms with Crippen LogP contribution in [0, 0.1) is 0 Å². The second kappa shape index (κ2) is 5.96. The summed E-state index contributed by atoms with van der Waals surface area (Å²) in [5.74, 6) is 0.315. The topological polar surface area (TPSA) is 35.5 Å². The minimum absolute atomic E-state index is 0.315. The molecule has 1 saturated heterocycles. The van der Waals surface area contributed by atoms with Crippen molar-refractivity contribution in [1.29, 1.82) is 0 Å². The average molecular weight is 240 g/mol. The van der Waals surface area contributed by atoms with Crippen molar-refractivity contribution in [2.75, 3.05) is 13.7 Å². The van der Waals surface area contributed by atoms with Gasteiger partial charge in [0, 0.05) is 20.1 Å². The third-order valence-electron chi connectivity index (χ3n) is 4.26. The maximum Gasteiger partial charge on any atom is 0.164 e. The molecule has 1 aliphatic heterocycles. The quantitative estimate of drug-likeness (QED) is 0.716. The van der Waals surface area contributed by atoms with Crippen molar-refractivity contribution in [2.45, 2.75) is 69.5 Å². The van der Waals surface area contributed by atoms with Crippen LogP contribution in [0.4, 0.5) is 0 Å². The second-order valence-corrected chi connectivity index (χ2v) is 5.36. The molecule has 1 saturated carbocycles. The third kappa shape index (κ3) is 3.08. The third-order valence-corrected chi connectivity index (χ3v) is 4.26. The number of hydrogen-bond acceptors (Lipinski definition) is 3. The second-order valence-electron chi connectivity index (χ2n) is 5.36. The van der Waals surface area contributed by atoms with Gasteiger partial charge < -0.3 is 9.47 Å². The van der Waals surface area contributed by atoms with E-state index >= 15 is 0 Å². The summed E-state index contributed by atoms with van der Waals surface area (Å²) < 4.78 is 11.1. The molecule has 98 valence electrons. The molecule has 1 heterocycles. The molecule has 2 fully saturated rings. The standard InChI is InChI=1S/C14H24O3/c1-16-14(9-2-3-10-14)13(15)8-4-6-12-7-5-11-17-12/h12H,2-11H2,1H3. The first-order valence-electron chi connectivity index (χ1n) is 6.97. The van der Waals surface area contributed by atoms with Crippen LogP contribution >= 0.6 is 0 Å². The Labute approximate surface area is 104 Å². The van der Waals surface area contributed by atoms with Gasteiger partial charge in [-0.1, -0.05) is 0 Å². The van der Waals surface area contributed by atoms with Crippen LogP contribution in [-0.4, -0.2) is 31.2 Å². The Morgan fingerprint density at radius 3 is 2.71 bits per heavy atom. The predicted molar refractivity (Wildman–Crippen MR) is 66.0 cm³/mol. The van der Waals surface area contributed by atoms with E-state index in [0.717, 1.165) is 45.1 Å². The lowest BCUT2D eigenvalue weighted by molar-refractivity contribution is -0.140. The molecule has 3 nitrogen and oxygen atoms in total.